The molecule has 1 saturated heterocycles. The van der Waals surface area contributed by atoms with E-state index in [2.05, 4.69) is 15.1 Å². The zero-order chi connectivity index (χ0) is 18.1. The minimum atomic E-state index is -0.490. The average molecular weight is 348 g/mol. The molecule has 8 heteroatoms. The topological polar surface area (TPSA) is 98.6 Å². The van der Waals surface area contributed by atoms with E-state index in [1.54, 1.807) is 9.80 Å². The first-order valence-corrected chi connectivity index (χ1v) is 9.06. The van der Waals surface area contributed by atoms with Crippen molar-refractivity contribution in [1.82, 2.24) is 24.9 Å². The molecule has 2 aliphatic rings. The van der Waals surface area contributed by atoms with E-state index < -0.39 is 6.04 Å². The third kappa shape index (κ3) is 3.28. The van der Waals surface area contributed by atoms with Gasteiger partial charge in [-0.1, -0.05) is 0 Å². The Morgan fingerprint density at radius 3 is 2.76 bits per heavy atom. The van der Waals surface area contributed by atoms with Crippen LogP contribution in [0.5, 0.6) is 0 Å². The van der Waals surface area contributed by atoms with E-state index >= 15 is 0 Å². The van der Waals surface area contributed by atoms with Gasteiger partial charge in [0.05, 0.1) is 0 Å². The number of hydrogen-bond donors (Lipinski definition) is 2. The lowest BCUT2D eigenvalue weighted by Gasteiger charge is -2.29. The monoisotopic (exact) mass is 348 g/mol. The van der Waals surface area contributed by atoms with Crippen LogP contribution in [0.15, 0.2) is 0 Å². The molecule has 3 rings (SSSR count). The van der Waals surface area contributed by atoms with Crippen LogP contribution in [0.1, 0.15) is 42.0 Å². The van der Waals surface area contributed by atoms with Crippen LogP contribution < -0.4 is 5.73 Å². The zero-order valence-corrected chi connectivity index (χ0v) is 15.3. The first kappa shape index (κ1) is 17.9. The number of H-pyrrole nitrogens is 1. The number of nitrogens with one attached hydrogen (secondary N) is 1. The molecule has 1 aromatic rings. The van der Waals surface area contributed by atoms with E-state index in [0.717, 1.165) is 24.2 Å². The van der Waals surface area contributed by atoms with Crippen molar-refractivity contribution in [3.8, 4) is 0 Å². The summed E-state index contributed by atoms with van der Waals surface area (Å²) >= 11 is 0. The summed E-state index contributed by atoms with van der Waals surface area (Å²) < 4.78 is 0. The molecule has 2 aliphatic heterocycles. The van der Waals surface area contributed by atoms with Gasteiger partial charge >= 0.3 is 0 Å². The van der Waals surface area contributed by atoms with Crippen LogP contribution in [-0.2, 0) is 17.8 Å². The molecule has 8 nitrogen and oxygen atoms in total. The quantitative estimate of drug-likeness (QED) is 0.786. The van der Waals surface area contributed by atoms with Crippen LogP contribution in [0.3, 0.4) is 0 Å². The number of aromatic amines is 1. The second-order valence-corrected chi connectivity index (χ2v) is 7.00. The van der Waals surface area contributed by atoms with E-state index in [-0.39, 0.29) is 17.9 Å². The molecule has 0 radical (unpaired) electrons. The fourth-order valence-corrected chi connectivity index (χ4v) is 3.82. The molecule has 3 heterocycles. The molecular weight excluding hydrogens is 320 g/mol. The van der Waals surface area contributed by atoms with E-state index in [1.165, 1.54) is 0 Å². The number of nitrogens with two attached hydrogens (primary N) is 1. The van der Waals surface area contributed by atoms with Crippen molar-refractivity contribution in [3.05, 3.63) is 17.0 Å². The Balaban J connectivity index is 1.85. The first-order valence-electron chi connectivity index (χ1n) is 9.06. The SMILES string of the molecule is CCN(CC)C(=O)[C@@H]1C[C@@H](N)CN1C(=O)c1n[nH]c2c1CN(C)CC2. The van der Waals surface area contributed by atoms with E-state index in [0.29, 0.717) is 38.3 Å². The Hall–Kier alpha value is -1.93. The number of nitrogens with zero attached hydrogens (tertiary/aromatic N) is 4. The number of likely N-dealkylation sites (tertiary alicyclic amines) is 1. The van der Waals surface area contributed by atoms with Crippen molar-refractivity contribution in [2.24, 2.45) is 5.73 Å². The lowest BCUT2D eigenvalue weighted by molar-refractivity contribution is -0.134. The molecule has 0 unspecified atom stereocenters. The molecule has 2 amide bonds. The van der Waals surface area contributed by atoms with Gasteiger partial charge < -0.3 is 20.4 Å². The molecule has 3 N–H and O–H groups in total. The standard InChI is InChI=1S/C17H28N6O2/c1-4-22(5-2)16(24)14-8-11(18)9-23(14)17(25)15-12-10-21(3)7-6-13(12)19-20-15/h11,14H,4-10,18H2,1-3H3,(H,19,20)/t11-,14+/m1/s1. The third-order valence-corrected chi connectivity index (χ3v) is 5.28. The Labute approximate surface area is 148 Å². The number of carbonyl (C=O) groups excluding carboxylic acids is 2. The largest absolute Gasteiger partial charge is 0.341 e. The van der Waals surface area contributed by atoms with Crippen molar-refractivity contribution in [2.75, 3.05) is 33.2 Å². The van der Waals surface area contributed by atoms with Crippen LogP contribution in [0, 0.1) is 0 Å². The summed E-state index contributed by atoms with van der Waals surface area (Å²) in [7, 11) is 2.03. The highest BCUT2D eigenvalue weighted by molar-refractivity contribution is 5.98. The maximum atomic E-state index is 13.1. The normalized spacial score (nSPS) is 23.6. The van der Waals surface area contributed by atoms with Gasteiger partial charge in [-0.2, -0.15) is 5.10 Å². The van der Waals surface area contributed by atoms with Gasteiger partial charge in [-0.25, -0.2) is 0 Å². The number of fused-ring (bicyclic) bond motifs is 1. The molecule has 0 aromatic carbocycles. The van der Waals surface area contributed by atoms with Crippen molar-refractivity contribution in [3.63, 3.8) is 0 Å². The predicted octanol–water partition coefficient (Wildman–Crippen LogP) is -0.192. The van der Waals surface area contributed by atoms with Crippen LogP contribution >= 0.6 is 0 Å². The van der Waals surface area contributed by atoms with Crippen molar-refractivity contribution >= 4 is 11.8 Å². The van der Waals surface area contributed by atoms with Crippen LogP contribution in [0.4, 0.5) is 0 Å². The summed E-state index contributed by atoms with van der Waals surface area (Å²) in [5.41, 5.74) is 8.50. The molecule has 1 aromatic heterocycles. The van der Waals surface area contributed by atoms with Gasteiger partial charge in [0.1, 0.15) is 6.04 Å². The van der Waals surface area contributed by atoms with Gasteiger partial charge in [-0.15, -0.1) is 0 Å². The maximum Gasteiger partial charge on any atom is 0.275 e. The van der Waals surface area contributed by atoms with Crippen molar-refractivity contribution < 1.29 is 9.59 Å². The predicted molar refractivity (Wildman–Crippen MR) is 94.0 cm³/mol. The molecule has 0 saturated carbocycles. The molecule has 2 atom stereocenters. The van der Waals surface area contributed by atoms with Crippen molar-refractivity contribution in [1.29, 1.82) is 0 Å². The first-order chi connectivity index (χ1) is 12.0. The lowest BCUT2D eigenvalue weighted by Crippen LogP contribution is -2.48. The smallest absolute Gasteiger partial charge is 0.275 e. The van der Waals surface area contributed by atoms with Gasteiger partial charge in [0.25, 0.3) is 5.91 Å². The third-order valence-electron chi connectivity index (χ3n) is 5.28. The van der Waals surface area contributed by atoms with Crippen LogP contribution in [0.2, 0.25) is 0 Å². The number of likely N-dealkylation sites (N-methyl/N-ethyl adjacent to an activating group) is 2. The summed E-state index contributed by atoms with van der Waals surface area (Å²) in [6.45, 7) is 7.19. The number of rotatable bonds is 4. The molecule has 0 bridgehead atoms. The summed E-state index contributed by atoms with van der Waals surface area (Å²) in [4.78, 5) is 31.5. The molecule has 0 aliphatic carbocycles. The van der Waals surface area contributed by atoms with E-state index in [9.17, 15) is 9.59 Å². The highest BCUT2D eigenvalue weighted by atomic mass is 16.2. The molecule has 0 spiro atoms. The Kier molecular flexibility index (Phi) is 5.10. The van der Waals surface area contributed by atoms with Gasteiger partial charge in [-0.3, -0.25) is 14.7 Å². The second kappa shape index (κ2) is 7.13. The van der Waals surface area contributed by atoms with E-state index in [1.807, 2.05) is 20.9 Å². The van der Waals surface area contributed by atoms with Gasteiger partial charge in [-0.05, 0) is 27.3 Å². The van der Waals surface area contributed by atoms with Gasteiger partial charge in [0.15, 0.2) is 5.69 Å². The Morgan fingerprint density at radius 2 is 2.08 bits per heavy atom. The summed E-state index contributed by atoms with van der Waals surface area (Å²) in [5.74, 6) is -0.209. The summed E-state index contributed by atoms with van der Waals surface area (Å²) in [5, 5.41) is 7.27. The molecule has 138 valence electrons. The minimum Gasteiger partial charge on any atom is -0.341 e. The van der Waals surface area contributed by atoms with Gasteiger partial charge in [0, 0.05) is 56.4 Å². The molecule has 25 heavy (non-hydrogen) atoms. The highest BCUT2D eigenvalue weighted by Gasteiger charge is 2.41. The number of hydrogen-bond acceptors (Lipinski definition) is 5. The number of aromatic nitrogens is 2. The number of amides is 2. The molecule has 1 fully saturated rings. The Bertz CT molecular complexity index is 654. The Morgan fingerprint density at radius 1 is 1.36 bits per heavy atom. The zero-order valence-electron chi connectivity index (χ0n) is 15.3. The number of carbonyl (C=O) groups is 2. The fourth-order valence-electron chi connectivity index (χ4n) is 3.82. The van der Waals surface area contributed by atoms with Crippen molar-refractivity contribution in [2.45, 2.75) is 45.3 Å². The highest BCUT2D eigenvalue weighted by Crippen LogP contribution is 2.25. The second-order valence-electron chi connectivity index (χ2n) is 7.00. The molecular formula is C17H28N6O2. The minimum absolute atomic E-state index is 0.0205. The van der Waals surface area contributed by atoms with Crippen LogP contribution in [-0.4, -0.2) is 82.0 Å². The summed E-state index contributed by atoms with van der Waals surface area (Å²) in [6.07, 6.45) is 1.36. The van der Waals surface area contributed by atoms with E-state index in [4.69, 9.17) is 5.73 Å². The fraction of sp³-hybridized carbons (Fsp3) is 0.706. The maximum absolute atomic E-state index is 13.1. The average Bonchev–Trinajstić information content (AvgIpc) is 3.18. The van der Waals surface area contributed by atoms with Gasteiger partial charge in [0.2, 0.25) is 5.91 Å². The van der Waals surface area contributed by atoms with Crippen LogP contribution in [0.25, 0.3) is 0 Å². The lowest BCUT2D eigenvalue weighted by atomic mass is 10.0. The summed E-state index contributed by atoms with van der Waals surface area (Å²) in [6, 6.07) is -0.665.